The summed E-state index contributed by atoms with van der Waals surface area (Å²) in [6, 6.07) is 13.4. The van der Waals surface area contributed by atoms with Crippen LogP contribution >= 0.6 is 0 Å². The molecule has 2 aromatic carbocycles. The van der Waals surface area contributed by atoms with Gasteiger partial charge < -0.3 is 14.6 Å². The third-order valence-electron chi connectivity index (χ3n) is 6.54. The van der Waals surface area contributed by atoms with Crippen LogP contribution in [0.1, 0.15) is 37.3 Å². The molecule has 0 radical (unpaired) electrons. The molecule has 170 valence electrons. The second-order valence-electron chi connectivity index (χ2n) is 8.50. The Morgan fingerprint density at radius 3 is 2.39 bits per heavy atom. The van der Waals surface area contributed by atoms with Crippen LogP contribution in [0.4, 0.5) is 10.2 Å². The van der Waals surface area contributed by atoms with E-state index >= 15 is 0 Å². The van der Waals surface area contributed by atoms with Crippen LogP contribution < -0.4 is 10.5 Å². The Morgan fingerprint density at radius 2 is 1.82 bits per heavy atom. The standard InChI is InChI=1S/C26H27FN4O2/c1-3-17-10-12-31(13-11-17)25-26(33)30(2)24(19-6-4-18(16-32)5-7-19)23(29-25)20-8-9-21(15-28)22(27)14-20/h4-9,14,17,32H,3,10-13,16H2,1-2H3. The minimum absolute atomic E-state index is 0.0423. The van der Waals surface area contributed by atoms with Crippen molar-refractivity contribution < 1.29 is 9.50 Å². The molecule has 1 saturated heterocycles. The molecule has 7 heteroatoms. The molecule has 0 amide bonds. The van der Waals surface area contributed by atoms with Crippen molar-refractivity contribution >= 4 is 5.82 Å². The Labute approximate surface area is 192 Å². The van der Waals surface area contributed by atoms with E-state index in [0.29, 0.717) is 28.7 Å². The fourth-order valence-corrected chi connectivity index (χ4v) is 4.43. The molecule has 1 fully saturated rings. The normalized spacial score (nSPS) is 14.3. The summed E-state index contributed by atoms with van der Waals surface area (Å²) in [7, 11) is 1.70. The molecule has 1 N–H and O–H groups in total. The fraction of sp³-hybridized carbons (Fsp3) is 0.346. The molecule has 0 aliphatic carbocycles. The highest BCUT2D eigenvalue weighted by molar-refractivity contribution is 5.79. The van der Waals surface area contributed by atoms with Gasteiger partial charge in [-0.3, -0.25) is 4.79 Å². The van der Waals surface area contributed by atoms with Gasteiger partial charge in [0, 0.05) is 31.3 Å². The zero-order valence-electron chi connectivity index (χ0n) is 18.9. The van der Waals surface area contributed by atoms with Gasteiger partial charge in [-0.05, 0) is 36.5 Å². The number of anilines is 1. The van der Waals surface area contributed by atoms with Gasteiger partial charge in [0.1, 0.15) is 11.9 Å². The number of aliphatic hydroxyl groups is 1. The second kappa shape index (κ2) is 9.55. The van der Waals surface area contributed by atoms with E-state index < -0.39 is 5.82 Å². The van der Waals surface area contributed by atoms with E-state index in [1.54, 1.807) is 29.8 Å². The number of rotatable bonds is 5. The van der Waals surface area contributed by atoms with Crippen molar-refractivity contribution in [2.45, 2.75) is 32.8 Å². The van der Waals surface area contributed by atoms with Crippen LogP contribution in [0.15, 0.2) is 47.3 Å². The Bertz CT molecular complexity index is 1250. The van der Waals surface area contributed by atoms with E-state index in [-0.39, 0.29) is 17.7 Å². The maximum absolute atomic E-state index is 14.5. The lowest BCUT2D eigenvalue weighted by Gasteiger charge is -2.32. The maximum Gasteiger partial charge on any atom is 0.293 e. The predicted octanol–water partition coefficient (Wildman–Crippen LogP) is 4.24. The Kier molecular flexibility index (Phi) is 6.57. The molecule has 4 rings (SSSR count). The summed E-state index contributed by atoms with van der Waals surface area (Å²) in [6.45, 7) is 3.61. The van der Waals surface area contributed by atoms with E-state index in [2.05, 4.69) is 6.92 Å². The van der Waals surface area contributed by atoms with Gasteiger partial charge in [-0.15, -0.1) is 0 Å². The molecule has 2 heterocycles. The van der Waals surface area contributed by atoms with E-state index in [1.807, 2.05) is 23.1 Å². The summed E-state index contributed by atoms with van der Waals surface area (Å²) in [5.74, 6) is 0.390. The van der Waals surface area contributed by atoms with Gasteiger partial charge in [0.2, 0.25) is 0 Å². The largest absolute Gasteiger partial charge is 0.392 e. The van der Waals surface area contributed by atoms with E-state index in [0.717, 1.165) is 43.5 Å². The van der Waals surface area contributed by atoms with Crippen LogP contribution in [-0.4, -0.2) is 27.7 Å². The van der Waals surface area contributed by atoms with Crippen LogP contribution in [-0.2, 0) is 13.7 Å². The zero-order valence-corrected chi connectivity index (χ0v) is 18.9. The first-order valence-electron chi connectivity index (χ1n) is 11.2. The van der Waals surface area contributed by atoms with Gasteiger partial charge in [-0.1, -0.05) is 43.7 Å². The molecule has 0 spiro atoms. The minimum atomic E-state index is -0.627. The minimum Gasteiger partial charge on any atom is -0.392 e. The molecule has 0 unspecified atom stereocenters. The summed E-state index contributed by atoms with van der Waals surface area (Å²) < 4.78 is 16.1. The molecule has 0 saturated carbocycles. The molecule has 1 aliphatic heterocycles. The first-order valence-corrected chi connectivity index (χ1v) is 11.2. The van der Waals surface area contributed by atoms with E-state index in [9.17, 15) is 14.3 Å². The summed E-state index contributed by atoms with van der Waals surface area (Å²) in [4.78, 5) is 20.2. The monoisotopic (exact) mass is 446 g/mol. The summed E-state index contributed by atoms with van der Waals surface area (Å²) in [5.41, 5.74) is 2.76. The average molecular weight is 447 g/mol. The lowest BCUT2D eigenvalue weighted by atomic mass is 9.94. The average Bonchev–Trinajstić information content (AvgIpc) is 2.85. The topological polar surface area (TPSA) is 82.2 Å². The number of aliphatic hydroxyl groups excluding tert-OH is 1. The van der Waals surface area contributed by atoms with Crippen LogP contribution in [0.25, 0.3) is 22.5 Å². The number of nitriles is 1. The maximum atomic E-state index is 14.5. The second-order valence-corrected chi connectivity index (χ2v) is 8.50. The highest BCUT2D eigenvalue weighted by atomic mass is 19.1. The number of piperidine rings is 1. The van der Waals surface area contributed by atoms with Crippen molar-refractivity contribution in [2.75, 3.05) is 18.0 Å². The molecule has 3 aromatic rings. The highest BCUT2D eigenvalue weighted by Gasteiger charge is 2.25. The first kappa shape index (κ1) is 22.7. The zero-order chi connectivity index (χ0) is 23.5. The lowest BCUT2D eigenvalue weighted by Crippen LogP contribution is -2.39. The van der Waals surface area contributed by atoms with Gasteiger partial charge in [0.05, 0.1) is 23.6 Å². The smallest absolute Gasteiger partial charge is 0.293 e. The molecule has 0 bridgehead atoms. The summed E-state index contributed by atoms with van der Waals surface area (Å²) in [5, 5.41) is 18.5. The number of aromatic nitrogens is 2. The number of benzene rings is 2. The Morgan fingerprint density at radius 1 is 1.15 bits per heavy atom. The Balaban J connectivity index is 1.90. The van der Waals surface area contributed by atoms with E-state index in [1.165, 1.54) is 12.1 Å². The van der Waals surface area contributed by atoms with Crippen LogP contribution in [0.3, 0.4) is 0 Å². The predicted molar refractivity (Wildman–Crippen MR) is 126 cm³/mol. The number of hydrogen-bond donors (Lipinski definition) is 1. The first-order chi connectivity index (χ1) is 16.0. The van der Waals surface area contributed by atoms with Crippen LogP contribution in [0.5, 0.6) is 0 Å². The molecular formula is C26H27FN4O2. The van der Waals surface area contributed by atoms with Crippen molar-refractivity contribution in [3.63, 3.8) is 0 Å². The van der Waals surface area contributed by atoms with Gasteiger partial charge in [0.15, 0.2) is 5.82 Å². The molecule has 6 nitrogen and oxygen atoms in total. The van der Waals surface area contributed by atoms with Crippen molar-refractivity contribution in [1.29, 1.82) is 5.26 Å². The van der Waals surface area contributed by atoms with E-state index in [4.69, 9.17) is 10.2 Å². The van der Waals surface area contributed by atoms with Crippen molar-refractivity contribution in [2.24, 2.45) is 13.0 Å². The number of nitrogens with zero attached hydrogens (tertiary/aromatic N) is 4. The third-order valence-corrected chi connectivity index (χ3v) is 6.54. The number of halogens is 1. The van der Waals surface area contributed by atoms with Gasteiger partial charge in [0.25, 0.3) is 5.56 Å². The third kappa shape index (κ3) is 4.39. The molecular weight excluding hydrogens is 419 g/mol. The van der Waals surface area contributed by atoms with Crippen molar-refractivity contribution in [1.82, 2.24) is 9.55 Å². The summed E-state index contributed by atoms with van der Waals surface area (Å²) >= 11 is 0. The van der Waals surface area contributed by atoms with Crippen molar-refractivity contribution in [3.8, 4) is 28.6 Å². The summed E-state index contributed by atoms with van der Waals surface area (Å²) in [6.07, 6.45) is 3.14. The SMILES string of the molecule is CCC1CCN(c2nc(-c3ccc(C#N)c(F)c3)c(-c3ccc(CO)cc3)n(C)c2=O)CC1. The van der Waals surface area contributed by atoms with Crippen LogP contribution in [0.2, 0.25) is 0 Å². The number of hydrogen-bond acceptors (Lipinski definition) is 5. The lowest BCUT2D eigenvalue weighted by molar-refractivity contribution is 0.282. The van der Waals surface area contributed by atoms with Crippen LogP contribution in [0, 0.1) is 23.1 Å². The molecule has 0 atom stereocenters. The van der Waals surface area contributed by atoms with Gasteiger partial charge in [-0.2, -0.15) is 5.26 Å². The molecule has 1 aliphatic rings. The van der Waals surface area contributed by atoms with Gasteiger partial charge >= 0.3 is 0 Å². The molecule has 33 heavy (non-hydrogen) atoms. The van der Waals surface area contributed by atoms with Crippen molar-refractivity contribution in [3.05, 3.63) is 69.8 Å². The van der Waals surface area contributed by atoms with Gasteiger partial charge in [-0.25, -0.2) is 9.37 Å². The quantitative estimate of drug-likeness (QED) is 0.634. The fourth-order valence-electron chi connectivity index (χ4n) is 4.43. The molecule has 1 aromatic heterocycles. The Hall–Kier alpha value is -3.50. The highest BCUT2D eigenvalue weighted by Crippen LogP contribution is 2.33.